The van der Waals surface area contributed by atoms with Crippen LogP contribution < -0.4 is 4.74 Å². The first-order valence-electron chi connectivity index (χ1n) is 7.45. The molecule has 114 valence electrons. The number of ether oxygens (including phenoxy) is 2. The zero-order chi connectivity index (χ0) is 15.6. The summed E-state index contributed by atoms with van der Waals surface area (Å²) in [4.78, 5) is 12.3. The van der Waals surface area contributed by atoms with Crippen LogP contribution in [0.4, 0.5) is 0 Å². The van der Waals surface area contributed by atoms with E-state index >= 15 is 0 Å². The Morgan fingerprint density at radius 3 is 2.52 bits per heavy atom. The highest BCUT2D eigenvalue weighted by Crippen LogP contribution is 2.32. The second-order valence-corrected chi connectivity index (χ2v) is 5.26. The molecule has 4 heteroatoms. The summed E-state index contributed by atoms with van der Waals surface area (Å²) in [7, 11) is 0. The molecule has 0 unspecified atom stereocenters. The van der Waals surface area contributed by atoms with Gasteiger partial charge in [-0.05, 0) is 52.8 Å². The van der Waals surface area contributed by atoms with Gasteiger partial charge < -0.3 is 14.0 Å². The van der Waals surface area contributed by atoms with Gasteiger partial charge in [0.15, 0.2) is 0 Å². The highest BCUT2D eigenvalue weighted by atomic mass is 16.5. The molecule has 0 aliphatic rings. The van der Waals surface area contributed by atoms with Crippen molar-refractivity contribution < 1.29 is 14.3 Å². The number of carbonyl (C=O) groups is 1. The summed E-state index contributed by atoms with van der Waals surface area (Å²) < 4.78 is 12.9. The molecular weight excluding hydrogens is 266 g/mol. The van der Waals surface area contributed by atoms with Gasteiger partial charge in [-0.3, -0.25) is 0 Å². The zero-order valence-electron chi connectivity index (χ0n) is 13.4. The SMILES string of the molecule is CCOC(=O)c1c(C)n(C(C)C)c2ccc(OCC)cc12. The minimum atomic E-state index is -0.270. The molecule has 2 aromatic rings. The number of aromatic nitrogens is 1. The quantitative estimate of drug-likeness (QED) is 0.778. The van der Waals surface area contributed by atoms with Crippen molar-refractivity contribution in [2.24, 2.45) is 0 Å². The molecule has 1 aromatic heterocycles. The fraction of sp³-hybridized carbons (Fsp3) is 0.471. The van der Waals surface area contributed by atoms with Crippen molar-refractivity contribution >= 4 is 16.9 Å². The van der Waals surface area contributed by atoms with Crippen molar-refractivity contribution in [2.45, 2.75) is 40.7 Å². The Kier molecular flexibility index (Phi) is 4.56. The van der Waals surface area contributed by atoms with Crippen molar-refractivity contribution in [3.63, 3.8) is 0 Å². The highest BCUT2D eigenvalue weighted by Gasteiger charge is 2.22. The Balaban J connectivity index is 2.71. The average Bonchev–Trinajstić information content (AvgIpc) is 2.70. The molecule has 1 aromatic carbocycles. The number of fused-ring (bicyclic) bond motifs is 1. The van der Waals surface area contributed by atoms with Gasteiger partial charge in [-0.2, -0.15) is 0 Å². The molecule has 0 aliphatic carbocycles. The molecule has 0 atom stereocenters. The van der Waals surface area contributed by atoms with Crippen LogP contribution in [0.2, 0.25) is 0 Å². The molecule has 0 saturated carbocycles. The van der Waals surface area contributed by atoms with E-state index < -0.39 is 0 Å². The summed E-state index contributed by atoms with van der Waals surface area (Å²) in [6, 6.07) is 6.15. The Morgan fingerprint density at radius 1 is 1.24 bits per heavy atom. The van der Waals surface area contributed by atoms with Crippen LogP contribution >= 0.6 is 0 Å². The van der Waals surface area contributed by atoms with Crippen LogP contribution in [-0.4, -0.2) is 23.8 Å². The third kappa shape index (κ3) is 2.75. The van der Waals surface area contributed by atoms with Gasteiger partial charge in [-0.25, -0.2) is 4.79 Å². The smallest absolute Gasteiger partial charge is 0.340 e. The monoisotopic (exact) mass is 289 g/mol. The molecule has 0 N–H and O–H groups in total. The predicted molar refractivity (Wildman–Crippen MR) is 84.2 cm³/mol. The lowest BCUT2D eigenvalue weighted by Gasteiger charge is -2.12. The summed E-state index contributed by atoms with van der Waals surface area (Å²) in [5.41, 5.74) is 2.61. The van der Waals surface area contributed by atoms with Gasteiger partial charge in [-0.15, -0.1) is 0 Å². The van der Waals surface area contributed by atoms with E-state index in [1.807, 2.05) is 39.0 Å². The van der Waals surface area contributed by atoms with E-state index in [4.69, 9.17) is 9.47 Å². The maximum atomic E-state index is 12.3. The van der Waals surface area contributed by atoms with Crippen molar-refractivity contribution in [3.05, 3.63) is 29.5 Å². The molecule has 2 rings (SSSR count). The topological polar surface area (TPSA) is 40.5 Å². The zero-order valence-corrected chi connectivity index (χ0v) is 13.4. The van der Waals surface area contributed by atoms with E-state index in [1.54, 1.807) is 0 Å². The number of hydrogen-bond acceptors (Lipinski definition) is 3. The molecule has 0 radical (unpaired) electrons. The maximum Gasteiger partial charge on any atom is 0.340 e. The first-order valence-corrected chi connectivity index (χ1v) is 7.45. The second kappa shape index (κ2) is 6.20. The van der Waals surface area contributed by atoms with Crippen molar-refractivity contribution in [2.75, 3.05) is 13.2 Å². The van der Waals surface area contributed by atoms with Crippen molar-refractivity contribution in [1.29, 1.82) is 0 Å². The number of nitrogens with zero attached hydrogens (tertiary/aromatic N) is 1. The van der Waals surface area contributed by atoms with Crippen LogP contribution in [0.25, 0.3) is 10.9 Å². The Labute approximate surface area is 125 Å². The molecular formula is C17H23NO3. The van der Waals surface area contributed by atoms with Gasteiger partial charge in [0, 0.05) is 22.6 Å². The lowest BCUT2D eigenvalue weighted by Crippen LogP contribution is -2.08. The molecule has 0 bridgehead atoms. The first-order chi connectivity index (χ1) is 10.0. The van der Waals surface area contributed by atoms with Crippen LogP contribution in [0.15, 0.2) is 18.2 Å². The van der Waals surface area contributed by atoms with E-state index in [-0.39, 0.29) is 12.0 Å². The lowest BCUT2D eigenvalue weighted by molar-refractivity contribution is 0.0527. The Bertz CT molecular complexity index is 656. The largest absolute Gasteiger partial charge is 0.494 e. The maximum absolute atomic E-state index is 12.3. The predicted octanol–water partition coefficient (Wildman–Crippen LogP) is 4.11. The molecule has 1 heterocycles. The molecule has 0 amide bonds. The Hall–Kier alpha value is -1.97. The average molecular weight is 289 g/mol. The molecule has 0 saturated heterocycles. The minimum absolute atomic E-state index is 0.270. The van der Waals surface area contributed by atoms with Gasteiger partial charge in [0.2, 0.25) is 0 Å². The highest BCUT2D eigenvalue weighted by molar-refractivity contribution is 6.06. The van der Waals surface area contributed by atoms with Gasteiger partial charge in [0.1, 0.15) is 5.75 Å². The van der Waals surface area contributed by atoms with Gasteiger partial charge >= 0.3 is 5.97 Å². The standard InChI is InChI=1S/C17H23NO3/c1-6-20-13-8-9-15-14(10-13)16(17(19)21-7-2)12(5)18(15)11(3)4/h8-11H,6-7H2,1-5H3. The third-order valence-corrected chi connectivity index (χ3v) is 3.53. The number of benzene rings is 1. The summed E-state index contributed by atoms with van der Waals surface area (Å²) in [6.07, 6.45) is 0. The van der Waals surface area contributed by atoms with Crippen LogP contribution in [0, 0.1) is 6.92 Å². The summed E-state index contributed by atoms with van der Waals surface area (Å²) in [5, 5.41) is 0.894. The number of esters is 1. The molecule has 0 fully saturated rings. The molecule has 0 aliphatic heterocycles. The van der Waals surface area contributed by atoms with E-state index in [0.29, 0.717) is 18.8 Å². The molecule has 4 nitrogen and oxygen atoms in total. The summed E-state index contributed by atoms with van der Waals surface area (Å²) in [5.74, 6) is 0.504. The number of hydrogen-bond donors (Lipinski definition) is 0. The molecule has 0 spiro atoms. The fourth-order valence-corrected chi connectivity index (χ4v) is 2.80. The van der Waals surface area contributed by atoms with Crippen LogP contribution in [0.3, 0.4) is 0 Å². The normalized spacial score (nSPS) is 11.1. The van der Waals surface area contributed by atoms with E-state index in [2.05, 4.69) is 18.4 Å². The van der Waals surface area contributed by atoms with Crippen molar-refractivity contribution in [1.82, 2.24) is 4.57 Å². The van der Waals surface area contributed by atoms with E-state index in [9.17, 15) is 4.79 Å². The number of carbonyl (C=O) groups excluding carboxylic acids is 1. The fourth-order valence-electron chi connectivity index (χ4n) is 2.80. The summed E-state index contributed by atoms with van der Waals surface area (Å²) >= 11 is 0. The van der Waals surface area contributed by atoms with Crippen LogP contribution in [0.5, 0.6) is 5.75 Å². The van der Waals surface area contributed by atoms with E-state index in [0.717, 1.165) is 22.3 Å². The minimum Gasteiger partial charge on any atom is -0.494 e. The van der Waals surface area contributed by atoms with Crippen LogP contribution in [0.1, 0.15) is 49.8 Å². The van der Waals surface area contributed by atoms with Gasteiger partial charge in [-0.1, -0.05) is 0 Å². The van der Waals surface area contributed by atoms with Gasteiger partial charge in [0.05, 0.1) is 18.8 Å². The number of rotatable bonds is 5. The summed E-state index contributed by atoms with van der Waals surface area (Å²) in [6.45, 7) is 10.9. The van der Waals surface area contributed by atoms with E-state index in [1.165, 1.54) is 0 Å². The van der Waals surface area contributed by atoms with Crippen molar-refractivity contribution in [3.8, 4) is 5.75 Å². The third-order valence-electron chi connectivity index (χ3n) is 3.53. The lowest BCUT2D eigenvalue weighted by atomic mass is 10.1. The first kappa shape index (κ1) is 15.4. The molecule has 21 heavy (non-hydrogen) atoms. The Morgan fingerprint density at radius 2 is 1.95 bits per heavy atom. The van der Waals surface area contributed by atoms with Crippen LogP contribution in [-0.2, 0) is 4.74 Å². The second-order valence-electron chi connectivity index (χ2n) is 5.26. The van der Waals surface area contributed by atoms with Gasteiger partial charge in [0.25, 0.3) is 0 Å².